The lowest BCUT2D eigenvalue weighted by Gasteiger charge is -2.09. The summed E-state index contributed by atoms with van der Waals surface area (Å²) in [7, 11) is 0. The minimum Gasteiger partial charge on any atom is -0.310 e. The summed E-state index contributed by atoms with van der Waals surface area (Å²) < 4.78 is 0. The lowest BCUT2D eigenvalue weighted by molar-refractivity contribution is 0.576. The quantitative estimate of drug-likeness (QED) is 0.788. The van der Waals surface area contributed by atoms with Crippen molar-refractivity contribution in [2.45, 2.75) is 46.2 Å². The van der Waals surface area contributed by atoms with E-state index in [1.807, 2.05) is 13.8 Å². The largest absolute Gasteiger partial charge is 0.310 e. The monoisotopic (exact) mass is 209 g/mol. The Morgan fingerprint density at radius 3 is 2.60 bits per heavy atom. The summed E-state index contributed by atoms with van der Waals surface area (Å²) in [5.74, 6) is 1.000. The number of hydrogen-bond donors (Lipinski definition) is 2. The van der Waals surface area contributed by atoms with Crippen LogP contribution in [-0.2, 0) is 6.54 Å². The number of H-pyrrole nitrogens is 1. The highest BCUT2D eigenvalue weighted by molar-refractivity contribution is 5.04. The van der Waals surface area contributed by atoms with Crippen molar-refractivity contribution in [3.8, 4) is 0 Å². The standard InChI is InChI=1S/C11H19N3O/c1-7(2)11-13-9(5-10(15)14-11)6-12-8(3)4/h5,7-8,12H,6H2,1-4H3,(H,13,14,15). The molecule has 4 heteroatoms. The van der Waals surface area contributed by atoms with E-state index in [0.29, 0.717) is 12.6 Å². The van der Waals surface area contributed by atoms with Gasteiger partial charge in [0, 0.05) is 24.6 Å². The summed E-state index contributed by atoms with van der Waals surface area (Å²) in [6, 6.07) is 1.94. The van der Waals surface area contributed by atoms with Gasteiger partial charge in [0.25, 0.3) is 5.56 Å². The Balaban J connectivity index is 2.84. The second-order valence-corrected chi connectivity index (χ2v) is 4.31. The first-order chi connectivity index (χ1) is 6.99. The summed E-state index contributed by atoms with van der Waals surface area (Å²) in [4.78, 5) is 18.5. The van der Waals surface area contributed by atoms with Gasteiger partial charge in [-0.25, -0.2) is 4.98 Å². The fourth-order valence-corrected chi connectivity index (χ4v) is 1.20. The molecule has 0 aliphatic rings. The number of hydrogen-bond acceptors (Lipinski definition) is 3. The Hall–Kier alpha value is -1.16. The molecule has 0 aliphatic heterocycles. The third-order valence-corrected chi connectivity index (χ3v) is 2.05. The summed E-state index contributed by atoms with van der Waals surface area (Å²) in [5, 5.41) is 3.24. The first kappa shape index (κ1) is 11.9. The first-order valence-electron chi connectivity index (χ1n) is 5.32. The predicted octanol–water partition coefficient (Wildman–Crippen LogP) is 1.39. The van der Waals surface area contributed by atoms with E-state index in [4.69, 9.17) is 0 Å². The van der Waals surface area contributed by atoms with Crippen molar-refractivity contribution in [2.75, 3.05) is 0 Å². The highest BCUT2D eigenvalue weighted by atomic mass is 16.1. The number of rotatable bonds is 4. The molecule has 2 N–H and O–H groups in total. The number of nitrogens with zero attached hydrogens (tertiary/aromatic N) is 1. The Morgan fingerprint density at radius 1 is 1.40 bits per heavy atom. The minimum absolute atomic E-state index is 0.0748. The summed E-state index contributed by atoms with van der Waals surface area (Å²) in [6.07, 6.45) is 0. The third-order valence-electron chi connectivity index (χ3n) is 2.05. The second-order valence-electron chi connectivity index (χ2n) is 4.31. The van der Waals surface area contributed by atoms with Crippen molar-refractivity contribution in [3.05, 3.63) is 27.9 Å². The third kappa shape index (κ3) is 3.83. The molecule has 1 aromatic heterocycles. The van der Waals surface area contributed by atoms with Crippen LogP contribution in [0.3, 0.4) is 0 Å². The van der Waals surface area contributed by atoms with Crippen LogP contribution in [0.25, 0.3) is 0 Å². The number of nitrogens with one attached hydrogen (secondary N) is 2. The molecule has 0 fully saturated rings. The van der Waals surface area contributed by atoms with Crippen LogP contribution in [0.2, 0.25) is 0 Å². The van der Waals surface area contributed by atoms with Crippen LogP contribution >= 0.6 is 0 Å². The van der Waals surface area contributed by atoms with E-state index in [9.17, 15) is 4.79 Å². The lowest BCUT2D eigenvalue weighted by atomic mass is 10.2. The molecule has 0 radical (unpaired) electrons. The molecule has 0 spiro atoms. The molecule has 15 heavy (non-hydrogen) atoms. The van der Waals surface area contributed by atoms with E-state index >= 15 is 0 Å². The molecule has 1 rings (SSSR count). The van der Waals surface area contributed by atoms with Gasteiger partial charge in [-0.2, -0.15) is 0 Å². The van der Waals surface area contributed by atoms with Crippen molar-refractivity contribution in [1.29, 1.82) is 0 Å². The average Bonchev–Trinajstić information content (AvgIpc) is 2.13. The summed E-state index contributed by atoms with van der Waals surface area (Å²) >= 11 is 0. The fraction of sp³-hybridized carbons (Fsp3) is 0.636. The van der Waals surface area contributed by atoms with Gasteiger partial charge in [-0.1, -0.05) is 27.7 Å². The number of aromatic nitrogens is 2. The van der Waals surface area contributed by atoms with Gasteiger partial charge >= 0.3 is 0 Å². The molecule has 4 nitrogen and oxygen atoms in total. The zero-order valence-corrected chi connectivity index (χ0v) is 9.79. The van der Waals surface area contributed by atoms with Gasteiger partial charge in [0.2, 0.25) is 0 Å². The van der Waals surface area contributed by atoms with E-state index in [1.165, 1.54) is 0 Å². The molecule has 0 saturated heterocycles. The van der Waals surface area contributed by atoms with Gasteiger partial charge in [0.05, 0.1) is 5.69 Å². The maximum atomic E-state index is 11.3. The normalized spacial score (nSPS) is 11.3. The lowest BCUT2D eigenvalue weighted by Crippen LogP contribution is -2.24. The molecule has 0 aromatic carbocycles. The Kier molecular flexibility index (Phi) is 4.03. The van der Waals surface area contributed by atoms with E-state index in [-0.39, 0.29) is 11.5 Å². The van der Waals surface area contributed by atoms with Gasteiger partial charge in [-0.3, -0.25) is 4.79 Å². The van der Waals surface area contributed by atoms with Gasteiger partial charge in [0.1, 0.15) is 5.82 Å². The molecular formula is C11H19N3O. The van der Waals surface area contributed by atoms with E-state index < -0.39 is 0 Å². The zero-order valence-electron chi connectivity index (χ0n) is 9.79. The fourth-order valence-electron chi connectivity index (χ4n) is 1.20. The van der Waals surface area contributed by atoms with Crippen molar-refractivity contribution in [2.24, 2.45) is 0 Å². The highest BCUT2D eigenvalue weighted by Gasteiger charge is 2.05. The molecule has 0 atom stereocenters. The maximum absolute atomic E-state index is 11.3. The first-order valence-corrected chi connectivity index (χ1v) is 5.32. The molecule has 0 saturated carbocycles. The van der Waals surface area contributed by atoms with Crippen LogP contribution in [0.4, 0.5) is 0 Å². The molecule has 0 bridgehead atoms. The van der Waals surface area contributed by atoms with Crippen LogP contribution in [-0.4, -0.2) is 16.0 Å². The van der Waals surface area contributed by atoms with Crippen molar-refractivity contribution >= 4 is 0 Å². The maximum Gasteiger partial charge on any atom is 0.251 e. The van der Waals surface area contributed by atoms with E-state index in [1.54, 1.807) is 6.07 Å². The molecule has 1 heterocycles. The van der Waals surface area contributed by atoms with Crippen LogP contribution in [0.5, 0.6) is 0 Å². The van der Waals surface area contributed by atoms with Crippen LogP contribution in [0.15, 0.2) is 10.9 Å². The van der Waals surface area contributed by atoms with Crippen LogP contribution in [0, 0.1) is 0 Å². The molecule has 0 unspecified atom stereocenters. The van der Waals surface area contributed by atoms with E-state index in [0.717, 1.165) is 11.5 Å². The SMILES string of the molecule is CC(C)NCc1cc(=O)[nH]c(C(C)C)n1. The Bertz CT molecular complexity index is 368. The smallest absolute Gasteiger partial charge is 0.251 e. The number of aromatic amines is 1. The summed E-state index contributed by atoms with van der Waals surface area (Å²) in [5.41, 5.74) is 0.727. The van der Waals surface area contributed by atoms with Gasteiger partial charge < -0.3 is 10.3 Å². The van der Waals surface area contributed by atoms with E-state index in [2.05, 4.69) is 29.1 Å². The summed E-state index contributed by atoms with van der Waals surface area (Å²) in [6.45, 7) is 8.80. The second kappa shape index (κ2) is 5.07. The zero-order chi connectivity index (χ0) is 11.4. The van der Waals surface area contributed by atoms with Crippen LogP contribution < -0.4 is 10.9 Å². The molecule has 1 aromatic rings. The van der Waals surface area contributed by atoms with Gasteiger partial charge in [0.15, 0.2) is 0 Å². The minimum atomic E-state index is -0.0748. The van der Waals surface area contributed by atoms with Crippen molar-refractivity contribution in [3.63, 3.8) is 0 Å². The van der Waals surface area contributed by atoms with Crippen molar-refractivity contribution < 1.29 is 0 Å². The Morgan fingerprint density at radius 2 is 2.07 bits per heavy atom. The molecule has 0 amide bonds. The molecule has 84 valence electrons. The highest BCUT2D eigenvalue weighted by Crippen LogP contribution is 2.06. The van der Waals surface area contributed by atoms with Gasteiger partial charge in [-0.05, 0) is 0 Å². The molecular weight excluding hydrogens is 190 g/mol. The topological polar surface area (TPSA) is 57.8 Å². The molecule has 0 aliphatic carbocycles. The Labute approximate surface area is 90.1 Å². The predicted molar refractivity (Wildman–Crippen MR) is 60.9 cm³/mol. The van der Waals surface area contributed by atoms with Crippen LogP contribution in [0.1, 0.15) is 45.1 Å². The average molecular weight is 209 g/mol. The van der Waals surface area contributed by atoms with Gasteiger partial charge in [-0.15, -0.1) is 0 Å². The van der Waals surface area contributed by atoms with Crippen molar-refractivity contribution in [1.82, 2.24) is 15.3 Å².